The van der Waals surface area contributed by atoms with Crippen LogP contribution < -0.4 is 0 Å². The van der Waals surface area contributed by atoms with Crippen molar-refractivity contribution in [3.63, 3.8) is 0 Å². The molecule has 2 aliphatic carbocycles. The molecular weight excluding hydrogens is 503 g/mol. The van der Waals surface area contributed by atoms with Gasteiger partial charge in [0.15, 0.2) is 0 Å². The molecule has 0 bridgehead atoms. The van der Waals surface area contributed by atoms with Gasteiger partial charge in [-0.25, -0.2) is 0 Å². The van der Waals surface area contributed by atoms with Crippen LogP contribution in [0.1, 0.15) is 51.0 Å². The van der Waals surface area contributed by atoms with Crippen LogP contribution in [-0.4, -0.2) is 67.2 Å². The Morgan fingerprint density at radius 1 is 1.16 bits per heavy atom. The number of ether oxygens (including phenoxy) is 3. The number of hydrogen-bond acceptors (Lipinski definition) is 6. The average Bonchev–Trinajstić information content (AvgIpc) is 3.31. The Morgan fingerprint density at radius 2 is 1.87 bits per heavy atom. The minimum Gasteiger partial charge on any atom is -0.460 e. The number of ketones is 1. The Labute approximate surface area is 220 Å². The molecule has 1 aliphatic heterocycles. The van der Waals surface area contributed by atoms with Crippen LogP contribution in [0.2, 0.25) is 0 Å². The van der Waals surface area contributed by atoms with Crippen LogP contribution in [0.5, 0.6) is 0 Å². The predicted octanol–water partition coefficient (Wildman–Crippen LogP) is 4.39. The molecule has 4 atom stereocenters. The van der Waals surface area contributed by atoms with Crippen molar-refractivity contribution < 1.29 is 41.8 Å². The molecule has 1 aromatic rings. The molecule has 0 spiro atoms. The summed E-state index contributed by atoms with van der Waals surface area (Å²) < 4.78 is 58.1. The second-order valence-corrected chi connectivity index (χ2v) is 10.6. The summed E-state index contributed by atoms with van der Waals surface area (Å²) in [7, 11) is 1.37. The van der Waals surface area contributed by atoms with E-state index in [9.17, 15) is 27.6 Å². The lowest BCUT2D eigenvalue weighted by molar-refractivity contribution is -0.197. The van der Waals surface area contributed by atoms with E-state index in [0.29, 0.717) is 12.8 Å². The molecule has 38 heavy (non-hydrogen) atoms. The van der Waals surface area contributed by atoms with E-state index in [-0.39, 0.29) is 44.9 Å². The fraction of sp³-hybridized carbons (Fsp3) is 0.607. The number of amides is 1. The first-order valence-corrected chi connectivity index (χ1v) is 12.9. The van der Waals surface area contributed by atoms with E-state index in [2.05, 4.69) is 0 Å². The molecule has 1 amide bonds. The summed E-state index contributed by atoms with van der Waals surface area (Å²) in [6.45, 7) is 1.68. The lowest BCUT2D eigenvalue weighted by Gasteiger charge is -2.53. The van der Waals surface area contributed by atoms with Gasteiger partial charge >= 0.3 is 18.1 Å². The molecular formula is C28H34F3NO6. The van der Waals surface area contributed by atoms with Gasteiger partial charge in [0.1, 0.15) is 18.5 Å². The number of Topliss-reactive ketones (excluding diaryl/α,β-unsaturated/α-hetero) is 1. The highest BCUT2D eigenvalue weighted by Crippen LogP contribution is 2.62. The van der Waals surface area contributed by atoms with Crippen molar-refractivity contribution >= 4 is 17.7 Å². The molecule has 0 unspecified atom stereocenters. The van der Waals surface area contributed by atoms with Crippen molar-refractivity contribution in [1.29, 1.82) is 0 Å². The third-order valence-electron chi connectivity index (χ3n) is 8.32. The number of nitrogens with zero attached hydrogens (tertiary/aromatic N) is 1. The number of halogens is 3. The van der Waals surface area contributed by atoms with Gasteiger partial charge in [0.25, 0.3) is 0 Å². The summed E-state index contributed by atoms with van der Waals surface area (Å²) >= 11 is 0. The Balaban J connectivity index is 1.69. The first kappa shape index (κ1) is 28.3. The van der Waals surface area contributed by atoms with Crippen LogP contribution in [0.3, 0.4) is 0 Å². The van der Waals surface area contributed by atoms with E-state index in [1.165, 1.54) is 20.1 Å². The Morgan fingerprint density at radius 3 is 2.45 bits per heavy atom. The van der Waals surface area contributed by atoms with Gasteiger partial charge in [-0.3, -0.25) is 9.59 Å². The third-order valence-corrected chi connectivity index (χ3v) is 8.32. The largest absolute Gasteiger partial charge is 0.471 e. The molecule has 1 heterocycles. The highest BCUT2D eigenvalue weighted by Gasteiger charge is 2.63. The molecule has 7 nitrogen and oxygen atoms in total. The number of alkyl halides is 3. The van der Waals surface area contributed by atoms with E-state index in [1.807, 2.05) is 30.3 Å². The van der Waals surface area contributed by atoms with Crippen LogP contribution >= 0.6 is 0 Å². The van der Waals surface area contributed by atoms with Gasteiger partial charge in [0, 0.05) is 20.1 Å². The van der Waals surface area contributed by atoms with E-state index in [0.717, 1.165) is 16.9 Å². The summed E-state index contributed by atoms with van der Waals surface area (Å²) in [6, 6.07) is 7.16. The molecule has 2 fully saturated rings. The summed E-state index contributed by atoms with van der Waals surface area (Å²) in [6.07, 6.45) is -0.662. The second kappa shape index (κ2) is 11.2. The first-order chi connectivity index (χ1) is 18.0. The molecule has 0 aromatic heterocycles. The van der Waals surface area contributed by atoms with Crippen molar-refractivity contribution in [3.05, 3.63) is 48.0 Å². The maximum Gasteiger partial charge on any atom is 0.471 e. The second-order valence-electron chi connectivity index (χ2n) is 10.6. The number of methoxy groups -OCH3 is 1. The molecule has 208 valence electrons. The Hall–Kier alpha value is -2.72. The first-order valence-electron chi connectivity index (χ1n) is 12.9. The number of carbonyl (C=O) groups excluding carboxylic acids is 3. The Bertz CT molecular complexity index is 1050. The zero-order valence-electron chi connectivity index (χ0n) is 21.7. The molecule has 10 heteroatoms. The van der Waals surface area contributed by atoms with E-state index in [1.54, 1.807) is 6.08 Å². The quantitative estimate of drug-likeness (QED) is 0.343. The number of carbonyl (C=O) groups is 3. The highest BCUT2D eigenvalue weighted by atomic mass is 19.4. The van der Waals surface area contributed by atoms with Crippen molar-refractivity contribution in [3.8, 4) is 0 Å². The monoisotopic (exact) mass is 537 g/mol. The average molecular weight is 538 g/mol. The topological polar surface area (TPSA) is 82.1 Å². The van der Waals surface area contributed by atoms with E-state index in [4.69, 9.17) is 14.2 Å². The van der Waals surface area contributed by atoms with E-state index >= 15 is 0 Å². The number of rotatable bonds is 9. The summed E-state index contributed by atoms with van der Waals surface area (Å²) in [4.78, 5) is 39.8. The summed E-state index contributed by atoms with van der Waals surface area (Å²) in [5.41, 5.74) is -1.35. The molecule has 4 rings (SSSR count). The van der Waals surface area contributed by atoms with Gasteiger partial charge in [-0.15, -0.1) is 0 Å². The molecule has 0 N–H and O–H groups in total. The standard InChI is InChI=1S/C28H34F3NO6/c1-19(33)15-26(11-6-12-26)27(25(35)38-17-20-7-4-3-5-8-20)13-9-21(16-27)32(24(34)28(29,30)31)22-10-14-37-18-23(22)36-2/h3-5,7-9,13,21-23H,6,10-12,14-18H2,1-2H3/t21-,22+,23-,27-/m1/s1. The zero-order valence-corrected chi connectivity index (χ0v) is 21.7. The molecule has 1 saturated heterocycles. The fourth-order valence-electron chi connectivity index (χ4n) is 6.34. The van der Waals surface area contributed by atoms with Gasteiger partial charge < -0.3 is 23.9 Å². The maximum atomic E-state index is 13.9. The van der Waals surface area contributed by atoms with Crippen molar-refractivity contribution in [2.45, 2.75) is 76.4 Å². The smallest absolute Gasteiger partial charge is 0.460 e. The van der Waals surface area contributed by atoms with Crippen LogP contribution in [-0.2, 0) is 35.2 Å². The van der Waals surface area contributed by atoms with Gasteiger partial charge in [-0.1, -0.05) is 48.9 Å². The lowest BCUT2D eigenvalue weighted by atomic mass is 9.50. The van der Waals surface area contributed by atoms with Crippen LogP contribution in [0.4, 0.5) is 13.2 Å². The maximum absolute atomic E-state index is 13.9. The third kappa shape index (κ3) is 5.38. The summed E-state index contributed by atoms with van der Waals surface area (Å²) in [5.74, 6) is -2.68. The van der Waals surface area contributed by atoms with Crippen LogP contribution in [0.25, 0.3) is 0 Å². The van der Waals surface area contributed by atoms with Gasteiger partial charge in [0.05, 0.1) is 24.1 Å². The zero-order chi connectivity index (χ0) is 27.6. The lowest BCUT2D eigenvalue weighted by Crippen LogP contribution is -2.60. The molecule has 1 saturated carbocycles. The fourth-order valence-corrected chi connectivity index (χ4v) is 6.34. The van der Waals surface area contributed by atoms with Gasteiger partial charge in [-0.05, 0) is 43.6 Å². The molecule has 3 aliphatic rings. The van der Waals surface area contributed by atoms with Crippen molar-refractivity contribution in [2.24, 2.45) is 10.8 Å². The number of hydrogen-bond donors (Lipinski definition) is 0. The number of benzene rings is 1. The minimum absolute atomic E-state index is 0.00695. The van der Waals surface area contributed by atoms with Crippen LogP contribution in [0.15, 0.2) is 42.5 Å². The molecule has 0 radical (unpaired) electrons. The normalized spacial score (nSPS) is 28.4. The van der Waals surface area contributed by atoms with Crippen molar-refractivity contribution in [1.82, 2.24) is 4.90 Å². The Kier molecular flexibility index (Phi) is 8.32. The van der Waals surface area contributed by atoms with Crippen LogP contribution in [0, 0.1) is 10.8 Å². The highest BCUT2D eigenvalue weighted by molar-refractivity contribution is 5.86. The summed E-state index contributed by atoms with van der Waals surface area (Å²) in [5, 5.41) is 0. The molecule has 1 aromatic carbocycles. The minimum atomic E-state index is -5.11. The number of esters is 1. The van der Waals surface area contributed by atoms with E-state index < -0.39 is 47.1 Å². The van der Waals surface area contributed by atoms with Gasteiger partial charge in [0.2, 0.25) is 0 Å². The SMILES string of the molecule is CO[C@@H]1COCC[C@@H]1N(C(=O)C(F)(F)F)[C@@H]1C=C[C@@](C(=O)OCc2ccccc2)(C2(CC(C)=O)CCC2)C1. The van der Waals surface area contributed by atoms with Crippen molar-refractivity contribution in [2.75, 3.05) is 20.3 Å². The van der Waals surface area contributed by atoms with Gasteiger partial charge in [-0.2, -0.15) is 13.2 Å². The predicted molar refractivity (Wildman–Crippen MR) is 131 cm³/mol.